The van der Waals surface area contributed by atoms with E-state index in [1.54, 1.807) is 0 Å². The number of fused-ring (bicyclic) bond motifs is 14. The van der Waals surface area contributed by atoms with Crippen LogP contribution >= 0.6 is 0 Å². The van der Waals surface area contributed by atoms with Gasteiger partial charge in [0.2, 0.25) is 0 Å². The van der Waals surface area contributed by atoms with Crippen LogP contribution in [0, 0.1) is 0 Å². The van der Waals surface area contributed by atoms with Crippen LogP contribution in [0.5, 0.6) is 11.5 Å². The summed E-state index contributed by atoms with van der Waals surface area (Å²) in [7, 11) is 0. The second kappa shape index (κ2) is 14.4. The first kappa shape index (κ1) is 38.6. The molecular formula is C64H45N3O. The van der Waals surface area contributed by atoms with Crippen LogP contribution < -0.4 is 14.5 Å². The molecule has 3 aliphatic rings. The van der Waals surface area contributed by atoms with E-state index in [-0.39, 0.29) is 5.41 Å². The predicted octanol–water partition coefficient (Wildman–Crippen LogP) is 16.8. The minimum atomic E-state index is -0.669. The molecule has 0 unspecified atom stereocenters. The van der Waals surface area contributed by atoms with Gasteiger partial charge in [0.1, 0.15) is 11.5 Å². The van der Waals surface area contributed by atoms with Gasteiger partial charge in [0.15, 0.2) is 0 Å². The highest BCUT2D eigenvalue weighted by Gasteiger charge is 2.51. The minimum absolute atomic E-state index is 0.110. The fourth-order valence-corrected chi connectivity index (χ4v) is 12.1. The molecule has 1 aromatic heterocycles. The molecule has 322 valence electrons. The summed E-state index contributed by atoms with van der Waals surface area (Å²) in [4.78, 5) is 4.81. The quantitative estimate of drug-likeness (QED) is 0.172. The van der Waals surface area contributed by atoms with E-state index in [0.29, 0.717) is 0 Å². The fraction of sp³-hybridized carbons (Fsp3) is 0.0625. The van der Waals surface area contributed by atoms with Crippen molar-refractivity contribution in [3.8, 4) is 28.3 Å². The molecule has 1 aliphatic carbocycles. The molecule has 0 radical (unpaired) electrons. The highest BCUT2D eigenvalue weighted by atomic mass is 16.5. The summed E-state index contributed by atoms with van der Waals surface area (Å²) < 4.78 is 9.53. The van der Waals surface area contributed by atoms with Gasteiger partial charge in [0.25, 0.3) is 0 Å². The Kier molecular flexibility index (Phi) is 8.21. The van der Waals surface area contributed by atoms with E-state index in [2.05, 4.69) is 265 Å². The number of aromatic nitrogens is 1. The van der Waals surface area contributed by atoms with E-state index < -0.39 is 5.41 Å². The normalized spacial score (nSPS) is 14.4. The lowest BCUT2D eigenvalue weighted by Crippen LogP contribution is -2.39. The van der Waals surface area contributed by atoms with E-state index in [1.807, 2.05) is 0 Å². The number of anilines is 6. The highest BCUT2D eigenvalue weighted by Crippen LogP contribution is 2.63. The van der Waals surface area contributed by atoms with Gasteiger partial charge in [-0.2, -0.15) is 0 Å². The van der Waals surface area contributed by atoms with Crippen molar-refractivity contribution in [2.45, 2.75) is 24.7 Å². The summed E-state index contributed by atoms with van der Waals surface area (Å²) >= 11 is 0. The summed E-state index contributed by atoms with van der Waals surface area (Å²) in [6, 6.07) is 86.5. The van der Waals surface area contributed by atoms with Gasteiger partial charge in [-0.15, -0.1) is 0 Å². The van der Waals surface area contributed by atoms with Crippen LogP contribution in [-0.2, 0) is 10.8 Å². The Bertz CT molecular complexity index is 3760. The van der Waals surface area contributed by atoms with E-state index in [4.69, 9.17) is 4.74 Å². The summed E-state index contributed by atoms with van der Waals surface area (Å²) in [5.41, 5.74) is 19.4. The van der Waals surface area contributed by atoms with Crippen molar-refractivity contribution >= 4 is 55.9 Å². The fourth-order valence-electron chi connectivity index (χ4n) is 12.1. The highest BCUT2D eigenvalue weighted by molar-refractivity contribution is 6.11. The molecule has 0 bridgehead atoms. The Hall–Kier alpha value is -8.60. The maximum absolute atomic E-state index is 7.12. The van der Waals surface area contributed by atoms with Crippen LogP contribution in [0.4, 0.5) is 34.1 Å². The van der Waals surface area contributed by atoms with Gasteiger partial charge in [-0.1, -0.05) is 153 Å². The molecule has 10 aromatic carbocycles. The van der Waals surface area contributed by atoms with E-state index in [1.165, 1.54) is 44.2 Å². The summed E-state index contributed by atoms with van der Waals surface area (Å²) in [5.74, 6) is 1.72. The van der Waals surface area contributed by atoms with Crippen LogP contribution in [-0.4, -0.2) is 4.57 Å². The molecule has 1 spiro atoms. The number of hydrogen-bond acceptors (Lipinski definition) is 3. The Balaban J connectivity index is 0.955. The third kappa shape index (κ3) is 5.31. The van der Waals surface area contributed by atoms with Gasteiger partial charge in [-0.05, 0) is 124 Å². The number of benzene rings is 10. The first-order chi connectivity index (χ1) is 33.5. The lowest BCUT2D eigenvalue weighted by molar-refractivity contribution is 0.435. The van der Waals surface area contributed by atoms with Gasteiger partial charge < -0.3 is 19.1 Å². The first-order valence-corrected chi connectivity index (χ1v) is 23.6. The van der Waals surface area contributed by atoms with Crippen molar-refractivity contribution in [1.29, 1.82) is 0 Å². The largest absolute Gasteiger partial charge is 0.457 e. The van der Waals surface area contributed by atoms with Crippen LogP contribution in [0.1, 0.15) is 47.2 Å². The summed E-state index contributed by atoms with van der Waals surface area (Å²) in [6.07, 6.45) is 0. The summed E-state index contributed by atoms with van der Waals surface area (Å²) in [5, 5.41) is 2.37. The van der Waals surface area contributed by atoms with Crippen LogP contribution in [0.2, 0.25) is 0 Å². The molecular weight excluding hydrogens is 827 g/mol. The minimum Gasteiger partial charge on any atom is -0.457 e. The van der Waals surface area contributed by atoms with Gasteiger partial charge >= 0.3 is 0 Å². The maximum atomic E-state index is 7.12. The molecule has 4 heteroatoms. The van der Waals surface area contributed by atoms with E-state index in [9.17, 15) is 0 Å². The van der Waals surface area contributed by atoms with Crippen LogP contribution in [0.3, 0.4) is 0 Å². The molecule has 2 aliphatic heterocycles. The first-order valence-electron chi connectivity index (χ1n) is 23.6. The third-order valence-electron chi connectivity index (χ3n) is 15.0. The van der Waals surface area contributed by atoms with E-state index in [0.717, 1.165) is 73.5 Å². The molecule has 0 fully saturated rings. The zero-order valence-electron chi connectivity index (χ0n) is 37.8. The Labute approximate surface area is 396 Å². The van der Waals surface area contributed by atoms with E-state index >= 15 is 0 Å². The molecule has 11 aromatic rings. The smallest absolute Gasteiger partial charge is 0.134 e. The van der Waals surface area contributed by atoms with Crippen molar-refractivity contribution in [2.75, 3.05) is 9.80 Å². The predicted molar refractivity (Wildman–Crippen MR) is 280 cm³/mol. The molecule has 0 atom stereocenters. The molecule has 68 heavy (non-hydrogen) atoms. The second-order valence-corrected chi connectivity index (χ2v) is 18.9. The summed E-state index contributed by atoms with van der Waals surface area (Å²) in [6.45, 7) is 4.70. The monoisotopic (exact) mass is 871 g/mol. The number of nitrogens with zero attached hydrogens (tertiary/aromatic N) is 3. The average Bonchev–Trinajstić information content (AvgIpc) is 3.83. The van der Waals surface area contributed by atoms with Gasteiger partial charge in [-0.25, -0.2) is 0 Å². The van der Waals surface area contributed by atoms with Crippen molar-refractivity contribution in [3.05, 3.63) is 270 Å². The molecule has 3 heterocycles. The SMILES string of the molecule is CC1(C)c2ccccc2-c2ccc(N(c3ccccc3)c3ccc(-n4c5ccccc5c5cc6c(cc54)Oc4ccccc4C64c5ccccc5N(c5ccccc5)c5ccccc54)cc3)cc21. The number of hydrogen-bond donors (Lipinski definition) is 0. The lowest BCUT2D eigenvalue weighted by Gasteiger charge is -2.48. The second-order valence-electron chi connectivity index (χ2n) is 18.9. The third-order valence-corrected chi connectivity index (χ3v) is 15.0. The topological polar surface area (TPSA) is 20.6 Å². The number of para-hydroxylation sites is 6. The van der Waals surface area contributed by atoms with Gasteiger partial charge in [0.05, 0.1) is 27.8 Å². The molecule has 0 N–H and O–H groups in total. The van der Waals surface area contributed by atoms with Crippen molar-refractivity contribution < 1.29 is 4.74 Å². The Morgan fingerprint density at radius 3 is 1.69 bits per heavy atom. The maximum Gasteiger partial charge on any atom is 0.134 e. The Morgan fingerprint density at radius 1 is 0.368 bits per heavy atom. The number of rotatable bonds is 5. The van der Waals surface area contributed by atoms with Crippen molar-refractivity contribution in [3.63, 3.8) is 0 Å². The lowest BCUT2D eigenvalue weighted by atomic mass is 9.61. The number of ether oxygens (including phenoxy) is 1. The standard InChI is InChI=1S/C64H45N3O/c1-63(2)51-25-11-9-23-47(51)48-38-37-46(39-55(48)63)65(42-19-5-3-6-20-42)44-33-35-45(36-34-44)66-57-29-15-10-24-49(57)50-40-56-62(41-60(50)66)68-61-32-18-14-28-54(61)64(56)52-26-12-16-30-58(52)67(43-21-7-4-8-22-43)59-31-17-13-27-53(59)64/h3-41H,1-2H3. The van der Waals surface area contributed by atoms with Gasteiger partial charge in [-0.3, -0.25) is 0 Å². The molecule has 14 rings (SSSR count). The van der Waals surface area contributed by atoms with Crippen molar-refractivity contribution in [2.24, 2.45) is 0 Å². The van der Waals surface area contributed by atoms with Gasteiger partial charge in [0, 0.05) is 61.8 Å². The zero-order chi connectivity index (χ0) is 45.1. The average molecular weight is 872 g/mol. The van der Waals surface area contributed by atoms with Crippen LogP contribution in [0.15, 0.2) is 237 Å². The molecule has 4 nitrogen and oxygen atoms in total. The molecule has 0 saturated carbocycles. The zero-order valence-corrected chi connectivity index (χ0v) is 37.8. The molecule has 0 amide bonds. The molecule has 0 saturated heterocycles. The Morgan fingerprint density at radius 2 is 0.941 bits per heavy atom. The van der Waals surface area contributed by atoms with Crippen molar-refractivity contribution in [1.82, 2.24) is 4.57 Å². The van der Waals surface area contributed by atoms with Crippen LogP contribution in [0.25, 0.3) is 38.6 Å².